The SMILES string of the molecule is CCCCCC(CCC(CCCCC)S(=O)[O-])S(=O)[O-]. The second-order valence-electron chi connectivity index (χ2n) is 5.33. The maximum absolute atomic E-state index is 11.2. The summed E-state index contributed by atoms with van der Waals surface area (Å²) in [6, 6.07) is 0. The van der Waals surface area contributed by atoms with Gasteiger partial charge in [-0.3, -0.25) is 8.42 Å². The minimum absolute atomic E-state index is 0.390. The second-order valence-corrected chi connectivity index (χ2v) is 7.71. The van der Waals surface area contributed by atoms with E-state index in [1.54, 1.807) is 0 Å². The van der Waals surface area contributed by atoms with Gasteiger partial charge in [0.2, 0.25) is 0 Å². The van der Waals surface area contributed by atoms with E-state index in [0.29, 0.717) is 25.7 Å². The Kier molecular flexibility index (Phi) is 13.1. The van der Waals surface area contributed by atoms with Crippen molar-refractivity contribution in [3.63, 3.8) is 0 Å². The van der Waals surface area contributed by atoms with Gasteiger partial charge in [0.05, 0.1) is 0 Å². The first kappa shape index (κ1) is 20.2. The second kappa shape index (κ2) is 12.9. The Bertz CT molecular complexity index is 256. The highest BCUT2D eigenvalue weighted by atomic mass is 32.2. The maximum Gasteiger partial charge on any atom is 0.0216 e. The van der Waals surface area contributed by atoms with Crippen LogP contribution >= 0.6 is 0 Å². The monoisotopic (exact) mass is 324 g/mol. The molecule has 6 heteroatoms. The van der Waals surface area contributed by atoms with Crippen molar-refractivity contribution in [3.05, 3.63) is 0 Å². The van der Waals surface area contributed by atoms with Gasteiger partial charge >= 0.3 is 0 Å². The number of hydrogen-bond donors (Lipinski definition) is 0. The standard InChI is InChI=1S/C14H30O4S2/c1-3-5-7-9-13(19(15)16)11-12-14(20(17)18)10-8-6-4-2/h13-14H,3-12H2,1-2H3,(H,15,16)(H,17,18)/p-2. The van der Waals surface area contributed by atoms with Crippen molar-refractivity contribution < 1.29 is 17.5 Å². The predicted molar refractivity (Wildman–Crippen MR) is 82.9 cm³/mol. The first-order valence-corrected chi connectivity index (χ1v) is 9.96. The highest BCUT2D eigenvalue weighted by Gasteiger charge is 2.15. The lowest BCUT2D eigenvalue weighted by molar-refractivity contribution is 0.472. The van der Waals surface area contributed by atoms with Crippen molar-refractivity contribution in [2.24, 2.45) is 0 Å². The highest BCUT2D eigenvalue weighted by molar-refractivity contribution is 7.80. The molecule has 4 unspecified atom stereocenters. The predicted octanol–water partition coefficient (Wildman–Crippen LogP) is 3.42. The number of rotatable bonds is 13. The molecule has 0 aromatic rings. The lowest BCUT2D eigenvalue weighted by Gasteiger charge is -2.24. The molecule has 0 N–H and O–H groups in total. The molecule has 20 heavy (non-hydrogen) atoms. The van der Waals surface area contributed by atoms with Gasteiger partial charge in [0, 0.05) is 10.5 Å². The maximum atomic E-state index is 11.2. The lowest BCUT2D eigenvalue weighted by atomic mass is 10.0. The highest BCUT2D eigenvalue weighted by Crippen LogP contribution is 2.19. The summed E-state index contributed by atoms with van der Waals surface area (Å²) >= 11 is -4.19. The molecule has 0 aliphatic rings. The zero-order valence-corrected chi connectivity index (χ0v) is 14.3. The molecule has 0 bridgehead atoms. The Morgan fingerprint density at radius 1 is 0.700 bits per heavy atom. The number of hydrogen-bond acceptors (Lipinski definition) is 4. The molecule has 4 nitrogen and oxygen atoms in total. The fraction of sp³-hybridized carbons (Fsp3) is 1.00. The fourth-order valence-electron chi connectivity index (χ4n) is 2.29. The average Bonchev–Trinajstić information content (AvgIpc) is 2.39. The Balaban J connectivity index is 4.18. The quantitative estimate of drug-likeness (QED) is 0.384. The first-order valence-electron chi connectivity index (χ1n) is 7.69. The van der Waals surface area contributed by atoms with Crippen molar-refractivity contribution in [2.45, 2.75) is 88.6 Å². The van der Waals surface area contributed by atoms with Crippen LogP contribution < -0.4 is 0 Å². The molecule has 4 atom stereocenters. The molecule has 0 amide bonds. The third kappa shape index (κ3) is 10.0. The molecule has 0 aliphatic heterocycles. The van der Waals surface area contributed by atoms with E-state index >= 15 is 0 Å². The molecule has 0 radical (unpaired) electrons. The average molecular weight is 325 g/mol. The summed E-state index contributed by atoms with van der Waals surface area (Å²) in [7, 11) is 0. The van der Waals surface area contributed by atoms with Crippen molar-refractivity contribution in [2.75, 3.05) is 0 Å². The molecule has 0 rings (SSSR count). The fourth-order valence-corrected chi connectivity index (χ4v) is 3.66. The van der Waals surface area contributed by atoms with Gasteiger partial charge in [0.25, 0.3) is 0 Å². The summed E-state index contributed by atoms with van der Waals surface area (Å²) in [5.41, 5.74) is 0. The van der Waals surface area contributed by atoms with Gasteiger partial charge in [-0.2, -0.15) is 0 Å². The van der Waals surface area contributed by atoms with Crippen molar-refractivity contribution in [1.82, 2.24) is 0 Å². The lowest BCUT2D eigenvalue weighted by Crippen LogP contribution is -2.21. The van der Waals surface area contributed by atoms with Crippen molar-refractivity contribution in [1.29, 1.82) is 0 Å². The Morgan fingerprint density at radius 3 is 1.30 bits per heavy atom. The van der Waals surface area contributed by atoms with E-state index in [9.17, 15) is 17.5 Å². The van der Waals surface area contributed by atoms with Crippen LogP contribution in [0.2, 0.25) is 0 Å². The van der Waals surface area contributed by atoms with Crippen LogP contribution in [0.25, 0.3) is 0 Å². The van der Waals surface area contributed by atoms with Gasteiger partial charge in [-0.25, -0.2) is 0 Å². The normalized spacial score (nSPS) is 17.6. The zero-order valence-electron chi connectivity index (χ0n) is 12.7. The molecule has 0 fully saturated rings. The van der Waals surface area contributed by atoms with Gasteiger partial charge in [-0.05, 0) is 25.7 Å². The molecule has 0 aromatic heterocycles. The minimum Gasteiger partial charge on any atom is -0.772 e. The Morgan fingerprint density at radius 2 is 1.05 bits per heavy atom. The van der Waals surface area contributed by atoms with Crippen LogP contribution in [0.3, 0.4) is 0 Å². The van der Waals surface area contributed by atoms with Crippen LogP contribution in [-0.2, 0) is 22.2 Å². The summed E-state index contributed by atoms with van der Waals surface area (Å²) in [5.74, 6) is 0. The molecular formula is C14H28O4S2-2. The largest absolute Gasteiger partial charge is 0.772 e. The van der Waals surface area contributed by atoms with Gasteiger partial charge in [-0.1, -0.05) is 74.5 Å². The molecule has 0 saturated heterocycles. The number of unbranched alkanes of at least 4 members (excludes halogenated alkanes) is 4. The van der Waals surface area contributed by atoms with Crippen LogP contribution in [0, 0.1) is 0 Å². The van der Waals surface area contributed by atoms with E-state index in [4.69, 9.17) is 0 Å². The third-order valence-electron chi connectivity index (χ3n) is 3.61. The van der Waals surface area contributed by atoms with Gasteiger partial charge < -0.3 is 9.11 Å². The van der Waals surface area contributed by atoms with E-state index in [-0.39, 0.29) is 0 Å². The zero-order chi connectivity index (χ0) is 15.4. The van der Waals surface area contributed by atoms with Crippen molar-refractivity contribution in [3.8, 4) is 0 Å². The molecule has 122 valence electrons. The first-order chi connectivity index (χ1) is 9.52. The van der Waals surface area contributed by atoms with E-state index in [2.05, 4.69) is 13.8 Å². The molecule has 0 heterocycles. The summed E-state index contributed by atoms with van der Waals surface area (Å²) in [4.78, 5) is 0. The molecule has 0 saturated carbocycles. The van der Waals surface area contributed by atoms with Crippen molar-refractivity contribution >= 4 is 22.2 Å². The van der Waals surface area contributed by atoms with Crippen LogP contribution in [-0.4, -0.2) is 28.0 Å². The Labute approximate surface area is 128 Å². The molecule has 0 aromatic carbocycles. The third-order valence-corrected chi connectivity index (χ3v) is 5.65. The Hall–Kier alpha value is 0.220. The minimum atomic E-state index is -2.09. The van der Waals surface area contributed by atoms with Gasteiger partial charge in [0.15, 0.2) is 0 Å². The smallest absolute Gasteiger partial charge is 0.0216 e. The van der Waals surface area contributed by atoms with Crippen LogP contribution in [0.1, 0.15) is 78.1 Å². The van der Waals surface area contributed by atoms with E-state index in [1.807, 2.05) is 0 Å². The van der Waals surface area contributed by atoms with Gasteiger partial charge in [-0.15, -0.1) is 0 Å². The summed E-state index contributed by atoms with van der Waals surface area (Å²) in [6.45, 7) is 4.15. The molecule has 0 aliphatic carbocycles. The topological polar surface area (TPSA) is 80.3 Å². The van der Waals surface area contributed by atoms with Crippen LogP contribution in [0.5, 0.6) is 0 Å². The van der Waals surface area contributed by atoms with Crippen LogP contribution in [0.15, 0.2) is 0 Å². The van der Waals surface area contributed by atoms with E-state index < -0.39 is 32.7 Å². The van der Waals surface area contributed by atoms with E-state index in [0.717, 1.165) is 38.5 Å². The molecular weight excluding hydrogens is 296 g/mol. The van der Waals surface area contributed by atoms with E-state index in [1.165, 1.54) is 0 Å². The van der Waals surface area contributed by atoms with Gasteiger partial charge in [0.1, 0.15) is 0 Å². The molecule has 0 spiro atoms. The summed E-state index contributed by atoms with van der Waals surface area (Å²) < 4.78 is 44.7. The summed E-state index contributed by atoms with van der Waals surface area (Å²) in [5, 5.41) is -0.780. The van der Waals surface area contributed by atoms with Crippen LogP contribution in [0.4, 0.5) is 0 Å². The summed E-state index contributed by atoms with van der Waals surface area (Å²) in [6.07, 6.45) is 8.20.